The molecule has 0 aromatic heterocycles. The second-order valence-corrected chi connectivity index (χ2v) is 6.15. The van der Waals surface area contributed by atoms with Crippen molar-refractivity contribution in [1.82, 2.24) is 10.6 Å². The summed E-state index contributed by atoms with van der Waals surface area (Å²) in [5.41, 5.74) is 2.62. The molecular weight excluding hydrogens is 260 g/mol. The van der Waals surface area contributed by atoms with Crippen molar-refractivity contribution in [2.24, 2.45) is 5.92 Å². The van der Waals surface area contributed by atoms with E-state index in [1.165, 1.54) is 24.0 Å². The number of rotatable bonds is 9. The summed E-state index contributed by atoms with van der Waals surface area (Å²) in [4.78, 5) is 11.7. The third-order valence-corrected chi connectivity index (χ3v) is 3.58. The van der Waals surface area contributed by atoms with E-state index in [9.17, 15) is 4.79 Å². The minimum Gasteiger partial charge on any atom is -0.355 e. The van der Waals surface area contributed by atoms with Crippen LogP contribution in [0.1, 0.15) is 57.7 Å². The third-order valence-electron chi connectivity index (χ3n) is 3.58. The van der Waals surface area contributed by atoms with Crippen LogP contribution < -0.4 is 10.6 Å². The predicted molar refractivity (Wildman–Crippen MR) is 89.3 cm³/mol. The van der Waals surface area contributed by atoms with Crippen molar-refractivity contribution in [3.05, 3.63) is 35.4 Å². The summed E-state index contributed by atoms with van der Waals surface area (Å²) in [6.07, 6.45) is 3.62. The van der Waals surface area contributed by atoms with Gasteiger partial charge in [0, 0.05) is 12.6 Å². The van der Waals surface area contributed by atoms with E-state index in [-0.39, 0.29) is 11.9 Å². The van der Waals surface area contributed by atoms with E-state index in [2.05, 4.69) is 62.6 Å². The van der Waals surface area contributed by atoms with E-state index in [0.717, 1.165) is 13.0 Å². The molecule has 0 bridgehead atoms. The Morgan fingerprint density at radius 1 is 1.14 bits per heavy atom. The lowest BCUT2D eigenvalue weighted by Gasteiger charge is -2.15. The number of nitrogens with one attached hydrogen (secondary N) is 2. The van der Waals surface area contributed by atoms with Gasteiger partial charge in [-0.2, -0.15) is 0 Å². The summed E-state index contributed by atoms with van der Waals surface area (Å²) in [6.45, 7) is 9.60. The molecule has 1 rings (SSSR count). The van der Waals surface area contributed by atoms with Crippen molar-refractivity contribution in [3.8, 4) is 0 Å². The zero-order chi connectivity index (χ0) is 15.7. The molecule has 0 saturated heterocycles. The monoisotopic (exact) mass is 290 g/mol. The van der Waals surface area contributed by atoms with Gasteiger partial charge in [-0.3, -0.25) is 4.79 Å². The zero-order valence-corrected chi connectivity index (χ0v) is 13.9. The minimum atomic E-state index is 0.0649. The summed E-state index contributed by atoms with van der Waals surface area (Å²) in [5, 5.41) is 6.19. The highest BCUT2D eigenvalue weighted by Crippen LogP contribution is 2.14. The number of carbonyl (C=O) groups excluding carboxylic acids is 1. The van der Waals surface area contributed by atoms with Crippen LogP contribution in [-0.4, -0.2) is 19.0 Å². The first-order chi connectivity index (χ1) is 10.0. The Labute approximate surface area is 129 Å². The molecule has 0 radical (unpaired) electrons. The maximum absolute atomic E-state index is 11.7. The van der Waals surface area contributed by atoms with E-state index in [0.29, 0.717) is 12.5 Å². The van der Waals surface area contributed by atoms with E-state index in [1.807, 2.05) is 0 Å². The van der Waals surface area contributed by atoms with Crippen LogP contribution in [0.5, 0.6) is 0 Å². The molecule has 0 aliphatic rings. The summed E-state index contributed by atoms with van der Waals surface area (Å²) in [6, 6.07) is 8.91. The molecule has 0 fully saturated rings. The highest BCUT2D eigenvalue weighted by molar-refractivity contribution is 5.78. The maximum atomic E-state index is 11.7. The molecule has 1 aromatic carbocycles. The van der Waals surface area contributed by atoms with Crippen LogP contribution in [0.3, 0.4) is 0 Å². The summed E-state index contributed by atoms with van der Waals surface area (Å²) < 4.78 is 0. The van der Waals surface area contributed by atoms with Crippen molar-refractivity contribution >= 4 is 5.91 Å². The molecule has 1 amide bonds. The van der Waals surface area contributed by atoms with Crippen molar-refractivity contribution in [1.29, 1.82) is 0 Å². The van der Waals surface area contributed by atoms with Crippen molar-refractivity contribution < 1.29 is 4.79 Å². The maximum Gasteiger partial charge on any atom is 0.233 e. The summed E-state index contributed by atoms with van der Waals surface area (Å²) in [5.74, 6) is 0.553. The fraction of sp³-hybridized carbons (Fsp3) is 0.611. The Morgan fingerprint density at radius 2 is 1.81 bits per heavy atom. The summed E-state index contributed by atoms with van der Waals surface area (Å²) in [7, 11) is 0. The first kappa shape index (κ1) is 17.7. The average Bonchev–Trinajstić information content (AvgIpc) is 2.49. The lowest BCUT2D eigenvalue weighted by atomic mass is 10.0. The van der Waals surface area contributed by atoms with E-state index in [1.54, 1.807) is 0 Å². The lowest BCUT2D eigenvalue weighted by Crippen LogP contribution is -2.36. The highest BCUT2D eigenvalue weighted by Gasteiger charge is 2.08. The van der Waals surface area contributed by atoms with Gasteiger partial charge in [0.1, 0.15) is 0 Å². The van der Waals surface area contributed by atoms with Crippen molar-refractivity contribution in [2.75, 3.05) is 13.1 Å². The van der Waals surface area contributed by atoms with Gasteiger partial charge < -0.3 is 10.6 Å². The quantitative estimate of drug-likeness (QED) is 0.731. The molecule has 21 heavy (non-hydrogen) atoms. The first-order valence-corrected chi connectivity index (χ1v) is 8.11. The molecule has 1 aromatic rings. The highest BCUT2D eigenvalue weighted by atomic mass is 16.1. The fourth-order valence-corrected chi connectivity index (χ4v) is 2.10. The first-order valence-electron chi connectivity index (χ1n) is 8.11. The standard InChI is InChI=1S/C18H30N2O/c1-5-6-7-16-8-10-17(11-9-16)15(4)19-13-18(21)20-12-14(2)3/h8-11,14-15,19H,5-7,12-13H2,1-4H3,(H,20,21). The molecule has 0 aliphatic heterocycles. The molecule has 0 saturated carbocycles. The summed E-state index contributed by atoms with van der Waals surface area (Å²) >= 11 is 0. The van der Waals surface area contributed by atoms with Gasteiger partial charge in [-0.05, 0) is 36.8 Å². The molecule has 3 heteroatoms. The Hall–Kier alpha value is -1.35. The second-order valence-electron chi connectivity index (χ2n) is 6.15. The fourth-order valence-electron chi connectivity index (χ4n) is 2.10. The number of carbonyl (C=O) groups is 1. The average molecular weight is 290 g/mol. The van der Waals surface area contributed by atoms with Gasteiger partial charge in [0.05, 0.1) is 6.54 Å². The van der Waals surface area contributed by atoms with E-state index in [4.69, 9.17) is 0 Å². The van der Waals surface area contributed by atoms with Crippen molar-refractivity contribution in [2.45, 2.75) is 53.0 Å². The van der Waals surface area contributed by atoms with Crippen LogP contribution in [0, 0.1) is 5.92 Å². The molecule has 0 aliphatic carbocycles. The molecule has 1 unspecified atom stereocenters. The lowest BCUT2D eigenvalue weighted by molar-refractivity contribution is -0.120. The topological polar surface area (TPSA) is 41.1 Å². The van der Waals surface area contributed by atoms with E-state index < -0.39 is 0 Å². The molecular formula is C18H30N2O. The van der Waals surface area contributed by atoms with Crippen molar-refractivity contribution in [3.63, 3.8) is 0 Å². The van der Waals surface area contributed by atoms with Gasteiger partial charge in [-0.15, -0.1) is 0 Å². The molecule has 0 heterocycles. The zero-order valence-electron chi connectivity index (χ0n) is 13.9. The Morgan fingerprint density at radius 3 is 2.38 bits per heavy atom. The van der Waals surface area contributed by atoms with Gasteiger partial charge in [0.15, 0.2) is 0 Å². The Bertz CT molecular complexity index is 412. The van der Waals surface area contributed by atoms with Gasteiger partial charge in [0.25, 0.3) is 0 Å². The molecule has 2 N–H and O–H groups in total. The Balaban J connectivity index is 2.37. The van der Waals surface area contributed by atoms with E-state index >= 15 is 0 Å². The predicted octanol–water partition coefficient (Wildman–Crippen LogP) is 3.45. The van der Waals surface area contributed by atoms with Gasteiger partial charge in [0.2, 0.25) is 5.91 Å². The molecule has 118 valence electrons. The number of unbranched alkanes of at least 4 members (excludes halogenated alkanes) is 1. The Kier molecular flexibility index (Phi) is 8.06. The largest absolute Gasteiger partial charge is 0.355 e. The van der Waals surface area contributed by atoms with Crippen LogP contribution >= 0.6 is 0 Å². The van der Waals surface area contributed by atoms with Gasteiger partial charge >= 0.3 is 0 Å². The molecule has 1 atom stereocenters. The van der Waals surface area contributed by atoms with Crippen LogP contribution in [0.15, 0.2) is 24.3 Å². The number of amides is 1. The smallest absolute Gasteiger partial charge is 0.233 e. The minimum absolute atomic E-state index is 0.0649. The SMILES string of the molecule is CCCCc1ccc(C(C)NCC(=O)NCC(C)C)cc1. The third kappa shape index (κ3) is 7.28. The van der Waals surface area contributed by atoms with Gasteiger partial charge in [-0.25, -0.2) is 0 Å². The van der Waals surface area contributed by atoms with Crippen LogP contribution in [-0.2, 0) is 11.2 Å². The number of benzene rings is 1. The molecule has 3 nitrogen and oxygen atoms in total. The van der Waals surface area contributed by atoms with Gasteiger partial charge in [-0.1, -0.05) is 51.5 Å². The number of hydrogen-bond donors (Lipinski definition) is 2. The van der Waals surface area contributed by atoms with Crippen LogP contribution in [0.25, 0.3) is 0 Å². The van der Waals surface area contributed by atoms with Crippen LogP contribution in [0.4, 0.5) is 0 Å². The normalized spacial score (nSPS) is 12.4. The second kappa shape index (κ2) is 9.56. The molecule has 0 spiro atoms. The number of hydrogen-bond acceptors (Lipinski definition) is 2. The van der Waals surface area contributed by atoms with Crippen LogP contribution in [0.2, 0.25) is 0 Å². The number of aryl methyl sites for hydroxylation is 1.